The summed E-state index contributed by atoms with van der Waals surface area (Å²) in [7, 11) is 0. The summed E-state index contributed by atoms with van der Waals surface area (Å²) in [5.74, 6) is 0. The van der Waals surface area contributed by atoms with E-state index in [0.29, 0.717) is 0 Å². The van der Waals surface area contributed by atoms with Crippen molar-refractivity contribution in [3.63, 3.8) is 0 Å². The summed E-state index contributed by atoms with van der Waals surface area (Å²) in [6.07, 6.45) is 5.25. The molecule has 0 radical (unpaired) electrons. The molecule has 2 aromatic rings. The van der Waals surface area contributed by atoms with Crippen LogP contribution < -0.4 is 0 Å². The SMILES string of the molecule is C/C(=C\c1cncc2ccccc12)C(C)O. The molecular formula is C14H15NO. The van der Waals surface area contributed by atoms with Gasteiger partial charge in [0, 0.05) is 23.3 Å². The molecule has 0 amide bonds. The third-order valence-corrected chi connectivity index (χ3v) is 2.74. The second kappa shape index (κ2) is 4.45. The molecule has 0 saturated carbocycles. The highest BCUT2D eigenvalue weighted by molar-refractivity contribution is 5.89. The molecule has 0 aliphatic rings. The van der Waals surface area contributed by atoms with E-state index in [4.69, 9.17) is 0 Å². The molecule has 1 aromatic carbocycles. The number of hydrogen-bond acceptors (Lipinski definition) is 2. The summed E-state index contributed by atoms with van der Waals surface area (Å²) in [6, 6.07) is 8.12. The molecule has 0 aliphatic carbocycles. The van der Waals surface area contributed by atoms with E-state index in [0.717, 1.165) is 21.9 Å². The average molecular weight is 213 g/mol. The van der Waals surface area contributed by atoms with Gasteiger partial charge in [0.2, 0.25) is 0 Å². The van der Waals surface area contributed by atoms with Crippen molar-refractivity contribution in [1.29, 1.82) is 0 Å². The van der Waals surface area contributed by atoms with Crippen molar-refractivity contribution in [1.82, 2.24) is 4.98 Å². The van der Waals surface area contributed by atoms with Gasteiger partial charge in [-0.2, -0.15) is 0 Å². The predicted octanol–water partition coefficient (Wildman–Crippen LogP) is 3.02. The van der Waals surface area contributed by atoms with Gasteiger partial charge in [-0.25, -0.2) is 0 Å². The van der Waals surface area contributed by atoms with Crippen LogP contribution in [0.3, 0.4) is 0 Å². The van der Waals surface area contributed by atoms with E-state index in [-0.39, 0.29) is 0 Å². The van der Waals surface area contributed by atoms with Gasteiger partial charge in [0.05, 0.1) is 6.10 Å². The number of aromatic nitrogens is 1. The fraction of sp³-hybridized carbons (Fsp3) is 0.214. The molecule has 1 unspecified atom stereocenters. The highest BCUT2D eigenvalue weighted by atomic mass is 16.3. The van der Waals surface area contributed by atoms with Crippen molar-refractivity contribution in [2.75, 3.05) is 0 Å². The number of pyridine rings is 1. The Hall–Kier alpha value is -1.67. The van der Waals surface area contributed by atoms with Gasteiger partial charge in [-0.05, 0) is 24.8 Å². The van der Waals surface area contributed by atoms with Crippen molar-refractivity contribution in [3.05, 3.63) is 47.8 Å². The van der Waals surface area contributed by atoms with Crippen LogP contribution in [-0.2, 0) is 0 Å². The zero-order valence-corrected chi connectivity index (χ0v) is 9.51. The van der Waals surface area contributed by atoms with Crippen LogP contribution in [0, 0.1) is 0 Å². The van der Waals surface area contributed by atoms with E-state index in [1.807, 2.05) is 43.6 Å². The largest absolute Gasteiger partial charge is 0.389 e. The van der Waals surface area contributed by atoms with Crippen molar-refractivity contribution in [3.8, 4) is 0 Å². The Morgan fingerprint density at radius 2 is 2.06 bits per heavy atom. The summed E-state index contributed by atoms with van der Waals surface area (Å²) in [6.45, 7) is 3.69. The van der Waals surface area contributed by atoms with Crippen LogP contribution in [0.25, 0.3) is 16.8 Å². The van der Waals surface area contributed by atoms with Crippen LogP contribution in [0.15, 0.2) is 42.2 Å². The number of fused-ring (bicyclic) bond motifs is 1. The highest BCUT2D eigenvalue weighted by Crippen LogP contribution is 2.20. The first-order valence-corrected chi connectivity index (χ1v) is 5.37. The zero-order chi connectivity index (χ0) is 11.5. The molecule has 82 valence electrons. The maximum Gasteiger partial charge on any atom is 0.0722 e. The molecule has 0 aliphatic heterocycles. The lowest BCUT2D eigenvalue weighted by Crippen LogP contribution is -2.00. The highest BCUT2D eigenvalue weighted by Gasteiger charge is 2.01. The van der Waals surface area contributed by atoms with Crippen LogP contribution in [-0.4, -0.2) is 16.2 Å². The van der Waals surface area contributed by atoms with Gasteiger partial charge in [-0.15, -0.1) is 0 Å². The monoisotopic (exact) mass is 213 g/mol. The Kier molecular flexibility index (Phi) is 3.02. The molecule has 2 rings (SSSR count). The van der Waals surface area contributed by atoms with Crippen molar-refractivity contribution in [2.24, 2.45) is 0 Å². The second-order valence-corrected chi connectivity index (χ2v) is 4.01. The molecule has 1 N–H and O–H groups in total. The van der Waals surface area contributed by atoms with Crippen molar-refractivity contribution in [2.45, 2.75) is 20.0 Å². The van der Waals surface area contributed by atoms with Gasteiger partial charge in [-0.3, -0.25) is 4.98 Å². The fourth-order valence-electron chi connectivity index (χ4n) is 1.62. The predicted molar refractivity (Wildman–Crippen MR) is 67.1 cm³/mol. The number of benzene rings is 1. The summed E-state index contributed by atoms with van der Waals surface area (Å²) in [4.78, 5) is 4.20. The van der Waals surface area contributed by atoms with Gasteiger partial charge in [0.25, 0.3) is 0 Å². The minimum absolute atomic E-state index is 0.418. The van der Waals surface area contributed by atoms with Crippen LogP contribution in [0.4, 0.5) is 0 Å². The maximum atomic E-state index is 9.47. The standard InChI is InChI=1S/C14H15NO/c1-10(11(2)16)7-13-9-15-8-12-5-3-4-6-14(12)13/h3-9,11,16H,1-2H3/b10-7+. The average Bonchev–Trinajstić information content (AvgIpc) is 2.29. The Balaban J connectivity index is 2.57. The van der Waals surface area contributed by atoms with E-state index in [2.05, 4.69) is 11.1 Å². The minimum atomic E-state index is -0.418. The molecule has 0 saturated heterocycles. The van der Waals surface area contributed by atoms with Crippen LogP contribution >= 0.6 is 0 Å². The number of hydrogen-bond donors (Lipinski definition) is 1. The first-order chi connectivity index (χ1) is 7.68. The molecule has 2 heteroatoms. The van der Waals surface area contributed by atoms with Crippen molar-refractivity contribution < 1.29 is 5.11 Å². The van der Waals surface area contributed by atoms with Crippen LogP contribution in [0.2, 0.25) is 0 Å². The van der Waals surface area contributed by atoms with E-state index in [1.54, 1.807) is 6.92 Å². The fourth-order valence-corrected chi connectivity index (χ4v) is 1.62. The summed E-state index contributed by atoms with van der Waals surface area (Å²) < 4.78 is 0. The molecule has 1 heterocycles. The Morgan fingerprint density at radius 1 is 1.31 bits per heavy atom. The zero-order valence-electron chi connectivity index (χ0n) is 9.51. The van der Waals surface area contributed by atoms with Gasteiger partial charge >= 0.3 is 0 Å². The molecule has 0 bridgehead atoms. The van der Waals surface area contributed by atoms with Crippen LogP contribution in [0.1, 0.15) is 19.4 Å². The quantitative estimate of drug-likeness (QED) is 0.831. The van der Waals surface area contributed by atoms with Gasteiger partial charge < -0.3 is 5.11 Å². The Labute approximate surface area is 95.3 Å². The molecule has 16 heavy (non-hydrogen) atoms. The van der Waals surface area contributed by atoms with Gasteiger partial charge in [0.1, 0.15) is 0 Å². The van der Waals surface area contributed by atoms with E-state index in [9.17, 15) is 5.11 Å². The van der Waals surface area contributed by atoms with Gasteiger partial charge in [0.15, 0.2) is 0 Å². The van der Waals surface area contributed by atoms with E-state index >= 15 is 0 Å². The Morgan fingerprint density at radius 3 is 2.81 bits per heavy atom. The topological polar surface area (TPSA) is 33.1 Å². The number of rotatable bonds is 2. The molecule has 0 spiro atoms. The molecule has 0 fully saturated rings. The lowest BCUT2D eigenvalue weighted by Gasteiger charge is -2.06. The van der Waals surface area contributed by atoms with E-state index < -0.39 is 6.10 Å². The molecule has 1 aromatic heterocycles. The minimum Gasteiger partial charge on any atom is -0.389 e. The first-order valence-electron chi connectivity index (χ1n) is 5.37. The Bertz CT molecular complexity index is 524. The number of aliphatic hydroxyl groups excluding tert-OH is 1. The van der Waals surface area contributed by atoms with Crippen LogP contribution in [0.5, 0.6) is 0 Å². The maximum absolute atomic E-state index is 9.47. The number of nitrogens with zero attached hydrogens (tertiary/aromatic N) is 1. The lowest BCUT2D eigenvalue weighted by atomic mass is 10.0. The van der Waals surface area contributed by atoms with E-state index in [1.165, 1.54) is 0 Å². The lowest BCUT2D eigenvalue weighted by molar-refractivity contribution is 0.232. The third-order valence-electron chi connectivity index (χ3n) is 2.74. The summed E-state index contributed by atoms with van der Waals surface area (Å²) in [5.41, 5.74) is 2.00. The smallest absolute Gasteiger partial charge is 0.0722 e. The van der Waals surface area contributed by atoms with Crippen molar-refractivity contribution >= 4 is 16.8 Å². The molecule has 2 nitrogen and oxygen atoms in total. The van der Waals surface area contributed by atoms with Gasteiger partial charge in [-0.1, -0.05) is 30.3 Å². The number of aliphatic hydroxyl groups is 1. The molecule has 1 atom stereocenters. The first kappa shape index (κ1) is 10.8. The third kappa shape index (κ3) is 2.12. The summed E-state index contributed by atoms with van der Waals surface area (Å²) in [5, 5.41) is 11.7. The molecular weight excluding hydrogens is 198 g/mol. The second-order valence-electron chi connectivity index (χ2n) is 4.01. The normalized spacial score (nSPS) is 14.1. The summed E-state index contributed by atoms with van der Waals surface area (Å²) >= 11 is 0.